The number of hydrogen-bond donors (Lipinski definition) is 2. The second-order valence-corrected chi connectivity index (χ2v) is 10.1. The van der Waals surface area contributed by atoms with Gasteiger partial charge < -0.3 is 19.8 Å². The molecule has 0 amide bonds. The molecule has 36 heavy (non-hydrogen) atoms. The summed E-state index contributed by atoms with van der Waals surface area (Å²) in [6.07, 6.45) is -3.01. The summed E-state index contributed by atoms with van der Waals surface area (Å²) in [4.78, 5) is 4.28. The molecule has 0 saturated carbocycles. The molecule has 2 aromatic rings. The molecule has 0 aromatic heterocycles. The van der Waals surface area contributed by atoms with E-state index in [2.05, 4.69) is 22.8 Å². The van der Waals surface area contributed by atoms with Crippen LogP contribution >= 0.6 is 11.6 Å². The largest absolute Gasteiger partial charge is 0.493 e. The highest BCUT2D eigenvalue weighted by atomic mass is 35.5. The highest BCUT2D eigenvalue weighted by molar-refractivity contribution is 6.31. The smallest absolute Gasteiger partial charge is 0.417 e. The quantitative estimate of drug-likeness (QED) is 0.418. The number of aliphatic hydroxyl groups excluding tert-OH is 1. The van der Waals surface area contributed by atoms with Gasteiger partial charge in [-0.15, -0.1) is 0 Å². The molecule has 0 aliphatic carbocycles. The molecule has 3 rings (SSSR count). The number of benzene rings is 2. The third kappa shape index (κ3) is 7.13. The highest BCUT2D eigenvalue weighted by Crippen LogP contribution is 2.40. The number of likely N-dealkylation sites (tertiary alicyclic amines) is 1. The highest BCUT2D eigenvalue weighted by Gasteiger charge is 2.38. The average molecular weight is 529 g/mol. The minimum absolute atomic E-state index is 0.146. The number of ether oxygens (including phenoxy) is 1. The minimum atomic E-state index is -4.56. The van der Waals surface area contributed by atoms with Gasteiger partial charge in [0.15, 0.2) is 0 Å². The van der Waals surface area contributed by atoms with Gasteiger partial charge in [-0.2, -0.15) is 13.2 Å². The molecule has 9 heteroatoms. The van der Waals surface area contributed by atoms with E-state index in [0.29, 0.717) is 45.6 Å². The van der Waals surface area contributed by atoms with Crippen LogP contribution in [0.5, 0.6) is 5.75 Å². The van der Waals surface area contributed by atoms with E-state index in [4.69, 9.17) is 21.4 Å². The third-order valence-corrected chi connectivity index (χ3v) is 7.49. The van der Waals surface area contributed by atoms with Gasteiger partial charge in [0.05, 0.1) is 29.4 Å². The van der Waals surface area contributed by atoms with Crippen molar-refractivity contribution in [3.8, 4) is 5.75 Å². The maximum Gasteiger partial charge on any atom is 0.417 e. The Morgan fingerprint density at radius 3 is 2.42 bits per heavy atom. The number of aliphatic hydroxyl groups is 2. The Balaban J connectivity index is 1.58. The molecule has 1 heterocycles. The van der Waals surface area contributed by atoms with Crippen LogP contribution in [0, 0.1) is 13.8 Å². The van der Waals surface area contributed by atoms with Crippen molar-refractivity contribution in [2.45, 2.75) is 51.4 Å². The van der Waals surface area contributed by atoms with Crippen molar-refractivity contribution in [1.82, 2.24) is 9.80 Å². The van der Waals surface area contributed by atoms with Crippen LogP contribution in [0.25, 0.3) is 0 Å². The van der Waals surface area contributed by atoms with Crippen LogP contribution in [-0.2, 0) is 18.3 Å². The molecule has 1 saturated heterocycles. The molecule has 0 spiro atoms. The Morgan fingerprint density at radius 1 is 1.08 bits per heavy atom. The molecule has 0 atom stereocenters. The van der Waals surface area contributed by atoms with Crippen LogP contribution in [0.2, 0.25) is 5.02 Å². The van der Waals surface area contributed by atoms with E-state index in [-0.39, 0.29) is 17.2 Å². The van der Waals surface area contributed by atoms with Crippen molar-refractivity contribution in [1.29, 1.82) is 0 Å². The lowest BCUT2D eigenvalue weighted by Gasteiger charge is -2.39. The van der Waals surface area contributed by atoms with Crippen LogP contribution in [0.3, 0.4) is 0 Å². The number of alkyl halides is 3. The van der Waals surface area contributed by atoms with Crippen molar-refractivity contribution in [3.63, 3.8) is 0 Å². The van der Waals surface area contributed by atoms with Gasteiger partial charge >= 0.3 is 6.18 Å². The molecule has 1 aliphatic heterocycles. The van der Waals surface area contributed by atoms with Gasteiger partial charge in [-0.25, -0.2) is 0 Å². The monoisotopic (exact) mass is 528 g/mol. The first-order chi connectivity index (χ1) is 16.9. The first kappa shape index (κ1) is 28.7. The molecule has 0 unspecified atom stereocenters. The molecule has 1 aliphatic rings. The number of nitrogens with zero attached hydrogens (tertiary/aromatic N) is 2. The molecular weight excluding hydrogens is 493 g/mol. The second kappa shape index (κ2) is 12.1. The maximum atomic E-state index is 13.3. The minimum Gasteiger partial charge on any atom is -0.493 e. The summed E-state index contributed by atoms with van der Waals surface area (Å²) >= 11 is 5.75. The van der Waals surface area contributed by atoms with E-state index < -0.39 is 17.3 Å². The van der Waals surface area contributed by atoms with Crippen molar-refractivity contribution in [3.05, 3.63) is 63.2 Å². The van der Waals surface area contributed by atoms with Gasteiger partial charge in [0, 0.05) is 32.7 Å². The standard InChI is InChI=1S/C27H36ClF3N2O3/c1-19-20(2)25(36-16-4-11-32(3)14-15-34)8-5-21(19)18-33-12-9-26(35,10-13-33)22-6-7-24(28)23(17-22)27(29,30)31/h5-8,17,34-35H,4,9-16,18H2,1-3H3. The molecule has 0 radical (unpaired) electrons. The number of likely N-dealkylation sites (N-methyl/N-ethyl adjacent to an activating group) is 1. The lowest BCUT2D eigenvalue weighted by atomic mass is 9.83. The molecule has 1 fully saturated rings. The van der Waals surface area contributed by atoms with E-state index >= 15 is 0 Å². The Kier molecular flexibility index (Phi) is 9.68. The fourth-order valence-electron chi connectivity index (χ4n) is 4.62. The fourth-order valence-corrected chi connectivity index (χ4v) is 4.85. The van der Waals surface area contributed by atoms with E-state index in [1.807, 2.05) is 20.0 Å². The van der Waals surface area contributed by atoms with Gasteiger partial charge in [0.2, 0.25) is 0 Å². The van der Waals surface area contributed by atoms with Crippen LogP contribution in [0.1, 0.15) is 47.1 Å². The first-order valence-electron chi connectivity index (χ1n) is 12.3. The zero-order valence-corrected chi connectivity index (χ0v) is 21.9. The first-order valence-corrected chi connectivity index (χ1v) is 12.7. The summed E-state index contributed by atoms with van der Waals surface area (Å²) in [6, 6.07) is 7.74. The molecule has 2 N–H and O–H groups in total. The van der Waals surface area contributed by atoms with Crippen molar-refractivity contribution in [2.75, 3.05) is 46.4 Å². The Bertz CT molecular complexity index is 1020. The van der Waals surface area contributed by atoms with Crippen LogP contribution < -0.4 is 4.74 Å². The van der Waals surface area contributed by atoms with Crippen molar-refractivity contribution in [2.24, 2.45) is 0 Å². The topological polar surface area (TPSA) is 56.2 Å². The van der Waals surface area contributed by atoms with Gasteiger partial charge in [-0.1, -0.05) is 23.7 Å². The summed E-state index contributed by atoms with van der Waals surface area (Å²) in [5, 5.41) is 19.8. The van der Waals surface area contributed by atoms with Gasteiger partial charge in [-0.05, 0) is 80.6 Å². The van der Waals surface area contributed by atoms with Crippen LogP contribution in [-0.4, -0.2) is 66.5 Å². The zero-order valence-electron chi connectivity index (χ0n) is 21.2. The Morgan fingerprint density at radius 2 is 1.78 bits per heavy atom. The van der Waals surface area contributed by atoms with Crippen LogP contribution in [0.4, 0.5) is 13.2 Å². The second-order valence-electron chi connectivity index (χ2n) is 9.70. The summed E-state index contributed by atoms with van der Waals surface area (Å²) in [5.74, 6) is 0.859. The molecule has 5 nitrogen and oxygen atoms in total. The Hall–Kier alpha value is -1.84. The van der Waals surface area contributed by atoms with Crippen LogP contribution in [0.15, 0.2) is 30.3 Å². The summed E-state index contributed by atoms with van der Waals surface area (Å²) in [5.41, 5.74) is 1.44. The lowest BCUT2D eigenvalue weighted by molar-refractivity contribution is -0.137. The van der Waals surface area contributed by atoms with E-state index in [1.54, 1.807) is 0 Å². The van der Waals surface area contributed by atoms with Gasteiger partial charge in [0.1, 0.15) is 5.75 Å². The van der Waals surface area contributed by atoms with Gasteiger partial charge in [0.25, 0.3) is 0 Å². The average Bonchev–Trinajstić information content (AvgIpc) is 2.82. The lowest BCUT2D eigenvalue weighted by Crippen LogP contribution is -2.42. The number of piperidine rings is 1. The summed E-state index contributed by atoms with van der Waals surface area (Å²) in [7, 11) is 1.97. The zero-order chi connectivity index (χ0) is 26.5. The van der Waals surface area contributed by atoms with E-state index in [0.717, 1.165) is 35.9 Å². The summed E-state index contributed by atoms with van der Waals surface area (Å²) in [6.45, 7) is 8.19. The van der Waals surface area contributed by atoms with E-state index in [9.17, 15) is 18.3 Å². The third-order valence-electron chi connectivity index (χ3n) is 7.16. The normalized spacial score (nSPS) is 16.5. The Labute approximate surface area is 216 Å². The molecular formula is C27H36ClF3N2O3. The maximum absolute atomic E-state index is 13.3. The van der Waals surface area contributed by atoms with Crippen molar-refractivity contribution < 1.29 is 28.1 Å². The summed E-state index contributed by atoms with van der Waals surface area (Å²) < 4.78 is 45.8. The molecule has 200 valence electrons. The SMILES string of the molecule is Cc1c(CN2CCC(O)(c3ccc(Cl)c(C(F)(F)F)c3)CC2)ccc(OCCCN(C)CCO)c1C. The fraction of sp³-hybridized carbons (Fsp3) is 0.556. The van der Waals surface area contributed by atoms with E-state index in [1.165, 1.54) is 17.7 Å². The molecule has 0 bridgehead atoms. The number of hydrogen-bond acceptors (Lipinski definition) is 5. The number of rotatable bonds is 10. The predicted octanol–water partition coefficient (Wildman–Crippen LogP) is 5.15. The predicted molar refractivity (Wildman–Crippen MR) is 135 cm³/mol. The number of halogens is 4. The molecule has 2 aromatic carbocycles. The van der Waals surface area contributed by atoms with Gasteiger partial charge in [-0.3, -0.25) is 4.90 Å². The van der Waals surface area contributed by atoms with Crippen molar-refractivity contribution >= 4 is 11.6 Å².